The molecule has 1 aromatic heterocycles. The minimum atomic E-state index is 0.553. The highest BCUT2D eigenvalue weighted by Gasteiger charge is 2.08. The number of aryl methyl sites for hydroxylation is 2. The molecule has 0 aliphatic carbocycles. The normalized spacial score (nSPS) is 10.1. The maximum Gasteiger partial charge on any atom is 0.184 e. The highest BCUT2D eigenvalue weighted by Crippen LogP contribution is 2.18. The van der Waals surface area contributed by atoms with Crippen molar-refractivity contribution in [3.8, 4) is 6.19 Å². The van der Waals surface area contributed by atoms with Crippen molar-refractivity contribution < 1.29 is 0 Å². The average molecular weight is 240 g/mol. The Bertz CT molecular complexity index is 565. The van der Waals surface area contributed by atoms with Gasteiger partial charge >= 0.3 is 0 Å². The van der Waals surface area contributed by atoms with Gasteiger partial charge in [0.15, 0.2) is 6.19 Å². The molecule has 0 spiro atoms. The molecule has 0 aliphatic heterocycles. The molecule has 0 N–H and O–H groups in total. The van der Waals surface area contributed by atoms with Crippen LogP contribution in [0.5, 0.6) is 0 Å². The lowest BCUT2D eigenvalue weighted by Gasteiger charge is -2.15. The second-order valence-electron chi connectivity index (χ2n) is 4.23. The fraction of sp³-hybridized carbons (Fsp3) is 0.286. The fourth-order valence-electron chi connectivity index (χ4n) is 1.86. The van der Waals surface area contributed by atoms with Crippen molar-refractivity contribution in [2.24, 2.45) is 7.05 Å². The number of nitriles is 1. The van der Waals surface area contributed by atoms with Gasteiger partial charge in [-0.2, -0.15) is 10.4 Å². The van der Waals surface area contributed by atoms with Gasteiger partial charge in [0.2, 0.25) is 0 Å². The Kier molecular flexibility index (Phi) is 3.63. The third-order valence-electron chi connectivity index (χ3n) is 2.85. The molecule has 2 rings (SSSR count). The lowest BCUT2D eigenvalue weighted by Crippen LogP contribution is -2.15. The van der Waals surface area contributed by atoms with Crippen LogP contribution < -0.4 is 4.90 Å². The van der Waals surface area contributed by atoms with E-state index in [-0.39, 0.29) is 0 Å². The highest BCUT2D eigenvalue weighted by atomic mass is 15.2. The van der Waals surface area contributed by atoms with E-state index in [9.17, 15) is 5.26 Å². The monoisotopic (exact) mass is 240 g/mol. The predicted octanol–water partition coefficient (Wildman–Crippen LogP) is 2.47. The number of benzene rings is 1. The summed E-state index contributed by atoms with van der Waals surface area (Å²) in [7, 11) is 1.87. The zero-order chi connectivity index (χ0) is 13.0. The first-order valence-electron chi connectivity index (χ1n) is 5.96. The number of rotatable bonds is 4. The lowest BCUT2D eigenvalue weighted by molar-refractivity contribution is 0.766. The van der Waals surface area contributed by atoms with Gasteiger partial charge in [0.1, 0.15) is 0 Å². The molecule has 4 nitrogen and oxygen atoms in total. The molecule has 4 heteroatoms. The summed E-state index contributed by atoms with van der Waals surface area (Å²) in [5.41, 5.74) is 3.19. The van der Waals surface area contributed by atoms with E-state index in [1.165, 1.54) is 5.56 Å². The van der Waals surface area contributed by atoms with E-state index in [0.717, 1.165) is 17.7 Å². The van der Waals surface area contributed by atoms with Gasteiger partial charge < -0.3 is 0 Å². The van der Waals surface area contributed by atoms with Gasteiger partial charge in [-0.3, -0.25) is 9.58 Å². The predicted molar refractivity (Wildman–Crippen MR) is 70.8 cm³/mol. The van der Waals surface area contributed by atoms with Crippen molar-refractivity contribution in [1.29, 1.82) is 5.26 Å². The fourth-order valence-corrected chi connectivity index (χ4v) is 1.86. The first kappa shape index (κ1) is 12.2. The van der Waals surface area contributed by atoms with Gasteiger partial charge in [-0.1, -0.05) is 19.1 Å². The van der Waals surface area contributed by atoms with Crippen molar-refractivity contribution in [1.82, 2.24) is 9.78 Å². The molecule has 0 saturated carbocycles. The molecule has 0 aliphatic rings. The summed E-state index contributed by atoms with van der Waals surface area (Å²) in [6, 6.07) is 8.07. The largest absolute Gasteiger partial charge is 0.275 e. The topological polar surface area (TPSA) is 44.9 Å². The molecule has 1 heterocycles. The summed E-state index contributed by atoms with van der Waals surface area (Å²) >= 11 is 0. The van der Waals surface area contributed by atoms with E-state index in [1.54, 1.807) is 15.8 Å². The first-order chi connectivity index (χ1) is 8.72. The summed E-state index contributed by atoms with van der Waals surface area (Å²) < 4.78 is 1.74. The van der Waals surface area contributed by atoms with E-state index < -0.39 is 0 Å². The van der Waals surface area contributed by atoms with Crippen LogP contribution >= 0.6 is 0 Å². The second kappa shape index (κ2) is 5.37. The molecule has 1 aromatic carbocycles. The first-order valence-corrected chi connectivity index (χ1v) is 5.96. The minimum Gasteiger partial charge on any atom is -0.275 e. The van der Waals surface area contributed by atoms with E-state index in [2.05, 4.69) is 30.3 Å². The van der Waals surface area contributed by atoms with Gasteiger partial charge in [0.05, 0.1) is 18.4 Å². The van der Waals surface area contributed by atoms with Crippen molar-refractivity contribution in [2.45, 2.75) is 19.9 Å². The summed E-state index contributed by atoms with van der Waals surface area (Å²) in [5.74, 6) is 0. The Morgan fingerprint density at radius 3 is 2.83 bits per heavy atom. The summed E-state index contributed by atoms with van der Waals surface area (Å²) in [4.78, 5) is 1.68. The minimum absolute atomic E-state index is 0.553. The van der Waals surface area contributed by atoms with Crippen LogP contribution in [0.2, 0.25) is 0 Å². The van der Waals surface area contributed by atoms with E-state index in [4.69, 9.17) is 0 Å². The Labute approximate surface area is 107 Å². The van der Waals surface area contributed by atoms with Gasteiger partial charge in [0.25, 0.3) is 0 Å². The summed E-state index contributed by atoms with van der Waals surface area (Å²) in [5, 5.41) is 13.4. The van der Waals surface area contributed by atoms with Crippen molar-refractivity contribution in [3.05, 3.63) is 47.8 Å². The van der Waals surface area contributed by atoms with Crippen LogP contribution in [0.4, 0.5) is 5.69 Å². The molecule has 2 aromatic rings. The smallest absolute Gasteiger partial charge is 0.184 e. The Hall–Kier alpha value is -2.28. The van der Waals surface area contributed by atoms with Crippen molar-refractivity contribution in [3.63, 3.8) is 0 Å². The van der Waals surface area contributed by atoms with E-state index >= 15 is 0 Å². The third-order valence-corrected chi connectivity index (χ3v) is 2.85. The number of aromatic nitrogens is 2. The molecule has 0 unspecified atom stereocenters. The molecule has 0 fully saturated rings. The number of anilines is 1. The SMILES string of the molecule is CCc1cccc(N(C#N)Cc2cnn(C)c2)c1. The lowest BCUT2D eigenvalue weighted by atomic mass is 10.1. The number of nitrogens with zero attached hydrogens (tertiary/aromatic N) is 4. The van der Waals surface area contributed by atoms with E-state index in [0.29, 0.717) is 6.54 Å². The molecule has 18 heavy (non-hydrogen) atoms. The van der Waals surface area contributed by atoms with E-state index in [1.807, 2.05) is 25.4 Å². The summed E-state index contributed by atoms with van der Waals surface area (Å²) in [6.07, 6.45) is 6.91. The maximum absolute atomic E-state index is 9.26. The molecule has 0 amide bonds. The van der Waals surface area contributed by atoms with Crippen LogP contribution in [0.1, 0.15) is 18.1 Å². The second-order valence-corrected chi connectivity index (χ2v) is 4.23. The van der Waals surface area contributed by atoms with Gasteiger partial charge in [0, 0.05) is 18.8 Å². The molecule has 0 atom stereocenters. The van der Waals surface area contributed by atoms with Crippen LogP contribution in [-0.2, 0) is 20.0 Å². The Balaban J connectivity index is 2.20. The number of hydrogen-bond acceptors (Lipinski definition) is 3. The summed E-state index contributed by atoms with van der Waals surface area (Å²) in [6.45, 7) is 2.66. The molecule has 0 bridgehead atoms. The van der Waals surface area contributed by atoms with Crippen LogP contribution in [0.25, 0.3) is 0 Å². The van der Waals surface area contributed by atoms with Gasteiger partial charge in [-0.25, -0.2) is 0 Å². The molecular formula is C14H16N4. The maximum atomic E-state index is 9.26. The van der Waals surface area contributed by atoms with Crippen LogP contribution in [0.3, 0.4) is 0 Å². The Morgan fingerprint density at radius 1 is 1.39 bits per heavy atom. The average Bonchev–Trinajstić information content (AvgIpc) is 2.81. The van der Waals surface area contributed by atoms with Gasteiger partial charge in [-0.05, 0) is 24.1 Å². The highest BCUT2D eigenvalue weighted by molar-refractivity contribution is 5.52. The zero-order valence-electron chi connectivity index (χ0n) is 10.7. The van der Waals surface area contributed by atoms with Crippen LogP contribution in [0.15, 0.2) is 36.7 Å². The third kappa shape index (κ3) is 2.69. The Morgan fingerprint density at radius 2 is 2.22 bits per heavy atom. The molecule has 0 radical (unpaired) electrons. The molecular weight excluding hydrogens is 224 g/mol. The molecule has 0 saturated heterocycles. The number of hydrogen-bond donors (Lipinski definition) is 0. The van der Waals surface area contributed by atoms with Gasteiger partial charge in [-0.15, -0.1) is 0 Å². The van der Waals surface area contributed by atoms with Crippen LogP contribution in [0, 0.1) is 11.5 Å². The molecule has 92 valence electrons. The standard InChI is InChI=1S/C14H16N4/c1-3-12-5-4-6-14(7-12)18(11-15)10-13-8-16-17(2)9-13/h4-9H,3,10H2,1-2H3. The zero-order valence-corrected chi connectivity index (χ0v) is 10.7. The quantitative estimate of drug-likeness (QED) is 0.609. The van der Waals surface area contributed by atoms with Crippen molar-refractivity contribution >= 4 is 5.69 Å². The van der Waals surface area contributed by atoms with Crippen molar-refractivity contribution in [2.75, 3.05) is 4.90 Å². The van der Waals surface area contributed by atoms with Crippen LogP contribution in [-0.4, -0.2) is 9.78 Å².